The summed E-state index contributed by atoms with van der Waals surface area (Å²) in [7, 11) is 0. The SMILES string of the molecule is O=C(O)c1cc(OCc2ccccc2)c2c(c1)C(=O)OC(CBr)C2. The van der Waals surface area contributed by atoms with Crippen LogP contribution in [0.4, 0.5) is 0 Å². The highest BCUT2D eigenvalue weighted by Crippen LogP contribution is 2.32. The maximum atomic E-state index is 12.2. The summed E-state index contributed by atoms with van der Waals surface area (Å²) >= 11 is 3.32. The highest BCUT2D eigenvalue weighted by atomic mass is 79.9. The number of hydrogen-bond acceptors (Lipinski definition) is 4. The minimum Gasteiger partial charge on any atom is -0.489 e. The Labute approximate surface area is 147 Å². The Morgan fingerprint density at radius 3 is 2.71 bits per heavy atom. The number of aromatic carboxylic acids is 1. The number of cyclic esters (lactones) is 1. The molecule has 5 nitrogen and oxygen atoms in total. The van der Waals surface area contributed by atoms with Crippen molar-refractivity contribution in [2.24, 2.45) is 0 Å². The number of esters is 1. The van der Waals surface area contributed by atoms with Gasteiger partial charge in [-0.25, -0.2) is 9.59 Å². The third-order valence-corrected chi connectivity index (χ3v) is 4.51. The lowest BCUT2D eigenvalue weighted by molar-refractivity contribution is 0.0310. The Hall–Kier alpha value is -2.34. The molecule has 2 aromatic rings. The summed E-state index contributed by atoms with van der Waals surface area (Å²) in [6, 6.07) is 12.4. The molecule has 0 amide bonds. The van der Waals surface area contributed by atoms with Gasteiger partial charge in [-0.05, 0) is 17.7 Å². The summed E-state index contributed by atoms with van der Waals surface area (Å²) < 4.78 is 11.1. The van der Waals surface area contributed by atoms with Crippen LogP contribution in [0, 0.1) is 0 Å². The van der Waals surface area contributed by atoms with Gasteiger partial charge in [0.2, 0.25) is 0 Å². The van der Waals surface area contributed by atoms with Gasteiger partial charge >= 0.3 is 11.9 Å². The standard InChI is InChI=1S/C18H15BrO5/c19-9-13-8-14-15(18(22)24-13)6-12(17(20)21)7-16(14)23-10-11-4-2-1-3-5-11/h1-7,13H,8-10H2,(H,20,21). The van der Waals surface area contributed by atoms with Crippen LogP contribution < -0.4 is 4.74 Å². The molecule has 1 atom stereocenters. The van der Waals surface area contributed by atoms with E-state index in [1.165, 1.54) is 12.1 Å². The number of alkyl halides is 1. The van der Waals surface area contributed by atoms with E-state index in [-0.39, 0.29) is 17.2 Å². The van der Waals surface area contributed by atoms with Crippen molar-refractivity contribution in [3.05, 3.63) is 64.7 Å². The molecule has 0 saturated carbocycles. The number of carboxylic acid groups (broad SMARTS) is 1. The Balaban J connectivity index is 1.97. The topological polar surface area (TPSA) is 72.8 Å². The van der Waals surface area contributed by atoms with E-state index in [0.717, 1.165) is 5.56 Å². The summed E-state index contributed by atoms with van der Waals surface area (Å²) in [6.07, 6.45) is 0.191. The average Bonchev–Trinajstić information content (AvgIpc) is 2.60. The fourth-order valence-corrected chi connectivity index (χ4v) is 2.96. The second-order valence-electron chi connectivity index (χ2n) is 5.47. The van der Waals surface area contributed by atoms with E-state index in [1.807, 2.05) is 30.3 Å². The van der Waals surface area contributed by atoms with E-state index < -0.39 is 11.9 Å². The molecule has 2 aromatic carbocycles. The predicted molar refractivity (Wildman–Crippen MR) is 90.9 cm³/mol. The molecule has 24 heavy (non-hydrogen) atoms. The zero-order chi connectivity index (χ0) is 17.1. The van der Waals surface area contributed by atoms with Gasteiger partial charge in [0, 0.05) is 17.3 Å². The highest BCUT2D eigenvalue weighted by molar-refractivity contribution is 9.09. The van der Waals surface area contributed by atoms with Crippen molar-refractivity contribution in [2.45, 2.75) is 19.1 Å². The predicted octanol–water partition coefficient (Wildman–Crippen LogP) is 3.44. The lowest BCUT2D eigenvalue weighted by atomic mass is 9.95. The third kappa shape index (κ3) is 3.43. The number of carbonyl (C=O) groups excluding carboxylic acids is 1. The number of benzene rings is 2. The van der Waals surface area contributed by atoms with Crippen molar-refractivity contribution in [3.63, 3.8) is 0 Å². The summed E-state index contributed by atoms with van der Waals surface area (Å²) in [5.41, 5.74) is 1.92. The average molecular weight is 391 g/mol. The molecule has 0 aromatic heterocycles. The van der Waals surface area contributed by atoms with E-state index in [1.54, 1.807) is 0 Å². The molecule has 0 bridgehead atoms. The number of ether oxygens (including phenoxy) is 2. The first-order valence-electron chi connectivity index (χ1n) is 7.42. The monoisotopic (exact) mass is 390 g/mol. The van der Waals surface area contributed by atoms with Gasteiger partial charge in [0.1, 0.15) is 18.5 Å². The van der Waals surface area contributed by atoms with Crippen molar-refractivity contribution < 1.29 is 24.2 Å². The zero-order valence-corrected chi connectivity index (χ0v) is 14.3. The van der Waals surface area contributed by atoms with Gasteiger partial charge in [-0.2, -0.15) is 0 Å². The van der Waals surface area contributed by atoms with Crippen molar-refractivity contribution in [1.29, 1.82) is 0 Å². The second-order valence-corrected chi connectivity index (χ2v) is 6.11. The Bertz CT molecular complexity index is 772. The van der Waals surface area contributed by atoms with Gasteiger partial charge in [-0.3, -0.25) is 0 Å². The van der Waals surface area contributed by atoms with Crippen LogP contribution in [0.2, 0.25) is 0 Å². The number of rotatable bonds is 5. The van der Waals surface area contributed by atoms with Crippen molar-refractivity contribution in [1.82, 2.24) is 0 Å². The van der Waals surface area contributed by atoms with E-state index in [0.29, 0.717) is 29.7 Å². The molecule has 1 heterocycles. The Morgan fingerprint density at radius 1 is 1.29 bits per heavy atom. The van der Waals surface area contributed by atoms with E-state index >= 15 is 0 Å². The Morgan fingerprint density at radius 2 is 2.04 bits per heavy atom. The number of carboxylic acids is 1. The molecule has 6 heteroatoms. The molecule has 3 rings (SSSR count). The first-order chi connectivity index (χ1) is 11.6. The van der Waals surface area contributed by atoms with Crippen LogP contribution in [-0.4, -0.2) is 28.5 Å². The van der Waals surface area contributed by atoms with Gasteiger partial charge in [0.15, 0.2) is 0 Å². The van der Waals surface area contributed by atoms with Crippen LogP contribution in [0.25, 0.3) is 0 Å². The lowest BCUT2D eigenvalue weighted by Crippen LogP contribution is -2.29. The maximum Gasteiger partial charge on any atom is 0.338 e. The highest BCUT2D eigenvalue weighted by Gasteiger charge is 2.30. The normalized spacial score (nSPS) is 16.2. The fourth-order valence-electron chi connectivity index (χ4n) is 2.60. The molecule has 0 saturated heterocycles. The van der Waals surface area contributed by atoms with E-state index in [2.05, 4.69) is 15.9 Å². The molecule has 0 radical (unpaired) electrons. The number of halogens is 1. The second kappa shape index (κ2) is 7.05. The van der Waals surface area contributed by atoms with Crippen LogP contribution in [-0.2, 0) is 17.8 Å². The van der Waals surface area contributed by atoms with Gasteiger partial charge in [0.25, 0.3) is 0 Å². The van der Waals surface area contributed by atoms with Gasteiger partial charge < -0.3 is 14.6 Å². The first-order valence-corrected chi connectivity index (χ1v) is 8.54. The Kier molecular flexibility index (Phi) is 4.85. The summed E-state index contributed by atoms with van der Waals surface area (Å²) in [5, 5.41) is 9.78. The molecular weight excluding hydrogens is 376 g/mol. The quantitative estimate of drug-likeness (QED) is 0.625. The molecule has 1 aliphatic rings. The molecule has 0 fully saturated rings. The van der Waals surface area contributed by atoms with Gasteiger partial charge in [-0.1, -0.05) is 46.3 Å². The molecule has 1 N–H and O–H groups in total. The van der Waals surface area contributed by atoms with Crippen molar-refractivity contribution in [3.8, 4) is 5.75 Å². The molecule has 0 spiro atoms. The molecule has 1 unspecified atom stereocenters. The van der Waals surface area contributed by atoms with Crippen LogP contribution >= 0.6 is 15.9 Å². The lowest BCUT2D eigenvalue weighted by Gasteiger charge is -2.25. The third-order valence-electron chi connectivity index (χ3n) is 3.79. The van der Waals surface area contributed by atoms with E-state index in [4.69, 9.17) is 9.47 Å². The number of fused-ring (bicyclic) bond motifs is 1. The minimum absolute atomic E-state index is 0.00561. The van der Waals surface area contributed by atoms with Gasteiger partial charge in [-0.15, -0.1) is 0 Å². The van der Waals surface area contributed by atoms with Crippen molar-refractivity contribution in [2.75, 3.05) is 5.33 Å². The van der Waals surface area contributed by atoms with Crippen LogP contribution in [0.1, 0.15) is 31.8 Å². The van der Waals surface area contributed by atoms with Gasteiger partial charge in [0.05, 0.1) is 11.1 Å². The molecule has 1 aliphatic heterocycles. The van der Waals surface area contributed by atoms with E-state index in [9.17, 15) is 14.7 Å². The fraction of sp³-hybridized carbons (Fsp3) is 0.222. The summed E-state index contributed by atoms with van der Waals surface area (Å²) in [4.78, 5) is 23.5. The first kappa shape index (κ1) is 16.5. The summed E-state index contributed by atoms with van der Waals surface area (Å²) in [5.74, 6) is -1.22. The maximum absolute atomic E-state index is 12.2. The van der Waals surface area contributed by atoms with Crippen LogP contribution in [0.15, 0.2) is 42.5 Å². The molecule has 124 valence electrons. The van der Waals surface area contributed by atoms with Crippen LogP contribution in [0.3, 0.4) is 0 Å². The smallest absolute Gasteiger partial charge is 0.338 e. The van der Waals surface area contributed by atoms with Crippen LogP contribution in [0.5, 0.6) is 5.75 Å². The number of carbonyl (C=O) groups is 2. The summed E-state index contributed by atoms with van der Waals surface area (Å²) in [6.45, 7) is 0.296. The van der Waals surface area contributed by atoms with Crippen molar-refractivity contribution >= 4 is 27.9 Å². The number of hydrogen-bond donors (Lipinski definition) is 1. The molecule has 0 aliphatic carbocycles. The zero-order valence-electron chi connectivity index (χ0n) is 12.7. The largest absolute Gasteiger partial charge is 0.489 e. The minimum atomic E-state index is -1.11. The molecular formula is C18H15BrO5.